The molecule has 4 nitrogen and oxygen atoms in total. The molecule has 2 rings (SSSR count). The second-order valence-electron chi connectivity index (χ2n) is 5.96. The minimum absolute atomic E-state index is 0.328. The van der Waals surface area contributed by atoms with E-state index in [-0.39, 0.29) is 0 Å². The quantitative estimate of drug-likeness (QED) is 0.590. The first kappa shape index (κ1) is 16.8. The minimum Gasteiger partial charge on any atom is -0.494 e. The van der Waals surface area contributed by atoms with Gasteiger partial charge in [0.1, 0.15) is 5.75 Å². The fraction of sp³-hybridized carbons (Fsp3) is 0.611. The van der Waals surface area contributed by atoms with Crippen LogP contribution >= 0.6 is 0 Å². The minimum atomic E-state index is 0.328. The Balaban J connectivity index is 1.56. The van der Waals surface area contributed by atoms with E-state index in [0.717, 1.165) is 37.7 Å². The number of rotatable bonds is 8. The van der Waals surface area contributed by atoms with Gasteiger partial charge in [-0.05, 0) is 63.2 Å². The van der Waals surface area contributed by atoms with Gasteiger partial charge in [-0.2, -0.15) is 0 Å². The lowest BCUT2D eigenvalue weighted by molar-refractivity contribution is 0.160. The normalized spacial score (nSPS) is 16.4. The van der Waals surface area contributed by atoms with E-state index in [2.05, 4.69) is 9.74 Å². The third-order valence-electron chi connectivity index (χ3n) is 4.33. The molecule has 1 saturated heterocycles. The van der Waals surface area contributed by atoms with Gasteiger partial charge >= 0.3 is 0 Å². The summed E-state index contributed by atoms with van der Waals surface area (Å²) < 4.78 is 5.71. The topological polar surface area (TPSA) is 37.1 Å². The molecule has 0 aliphatic carbocycles. The molecule has 0 radical (unpaired) electrons. The summed E-state index contributed by atoms with van der Waals surface area (Å²) in [4.78, 5) is 5.88. The van der Waals surface area contributed by atoms with Gasteiger partial charge in [0, 0.05) is 13.2 Å². The average Bonchev–Trinajstić information content (AvgIpc) is 2.58. The van der Waals surface area contributed by atoms with E-state index in [1.807, 2.05) is 12.1 Å². The van der Waals surface area contributed by atoms with Gasteiger partial charge in [-0.1, -0.05) is 12.1 Å². The van der Waals surface area contributed by atoms with Crippen LogP contribution in [-0.2, 0) is 0 Å². The predicted octanol–water partition coefficient (Wildman–Crippen LogP) is 3.49. The molecule has 22 heavy (non-hydrogen) atoms. The van der Waals surface area contributed by atoms with Gasteiger partial charge in [0.25, 0.3) is 0 Å². The van der Waals surface area contributed by atoms with Crippen molar-refractivity contribution in [1.82, 2.24) is 4.90 Å². The highest BCUT2D eigenvalue weighted by molar-refractivity contribution is 5.46. The Labute approximate surface area is 133 Å². The fourth-order valence-corrected chi connectivity index (χ4v) is 2.97. The molecule has 1 heterocycles. The van der Waals surface area contributed by atoms with Crippen LogP contribution in [0.1, 0.15) is 32.1 Å². The molecule has 0 saturated carbocycles. The number of hydrogen-bond acceptors (Lipinski definition) is 3. The van der Waals surface area contributed by atoms with Gasteiger partial charge in [-0.25, -0.2) is 4.85 Å². The number of likely N-dealkylation sites (tertiary alicyclic amines) is 1. The van der Waals surface area contributed by atoms with E-state index in [0.29, 0.717) is 12.3 Å². The van der Waals surface area contributed by atoms with Crippen LogP contribution in [0.4, 0.5) is 5.69 Å². The lowest BCUT2D eigenvalue weighted by Gasteiger charge is -2.31. The number of benzene rings is 1. The maximum Gasteiger partial charge on any atom is 0.187 e. The van der Waals surface area contributed by atoms with Crippen LogP contribution in [0.25, 0.3) is 4.85 Å². The van der Waals surface area contributed by atoms with Crippen molar-refractivity contribution >= 4 is 5.69 Å². The fourth-order valence-electron chi connectivity index (χ4n) is 2.97. The van der Waals surface area contributed by atoms with Gasteiger partial charge in [0.15, 0.2) is 5.69 Å². The Morgan fingerprint density at radius 3 is 2.55 bits per heavy atom. The van der Waals surface area contributed by atoms with Crippen LogP contribution in [-0.4, -0.2) is 42.9 Å². The summed E-state index contributed by atoms with van der Waals surface area (Å²) in [6.07, 6.45) is 5.68. The van der Waals surface area contributed by atoms with Crippen LogP contribution in [0, 0.1) is 12.5 Å². The van der Waals surface area contributed by atoms with Crippen molar-refractivity contribution in [1.29, 1.82) is 0 Å². The van der Waals surface area contributed by atoms with Crippen molar-refractivity contribution in [2.24, 2.45) is 5.92 Å². The molecule has 1 aliphatic rings. The molecule has 1 aromatic rings. The second kappa shape index (κ2) is 9.45. The Morgan fingerprint density at radius 1 is 1.18 bits per heavy atom. The zero-order chi connectivity index (χ0) is 15.6. The lowest BCUT2D eigenvalue weighted by atomic mass is 9.92. The zero-order valence-corrected chi connectivity index (χ0v) is 13.2. The molecule has 0 aromatic heterocycles. The van der Waals surface area contributed by atoms with E-state index in [9.17, 15) is 0 Å². The molecule has 1 aromatic carbocycles. The number of ether oxygens (including phenoxy) is 1. The van der Waals surface area contributed by atoms with Crippen LogP contribution in [0.5, 0.6) is 5.75 Å². The van der Waals surface area contributed by atoms with E-state index >= 15 is 0 Å². The largest absolute Gasteiger partial charge is 0.494 e. The standard InChI is InChI=1S/C18H26N2O2/c1-19-17-5-7-18(8-6-17)22-15-3-11-20-12-9-16(10-13-20)4-2-14-21/h5-8,16,21H,2-4,9-15H2. The maximum absolute atomic E-state index is 8.88. The Bertz CT molecular complexity index is 459. The smallest absolute Gasteiger partial charge is 0.187 e. The van der Waals surface area contributed by atoms with E-state index in [1.54, 1.807) is 12.1 Å². The van der Waals surface area contributed by atoms with Crippen LogP contribution in [0.15, 0.2) is 24.3 Å². The van der Waals surface area contributed by atoms with Crippen molar-refractivity contribution in [3.05, 3.63) is 35.7 Å². The average molecular weight is 302 g/mol. The van der Waals surface area contributed by atoms with Gasteiger partial charge < -0.3 is 14.7 Å². The highest BCUT2D eigenvalue weighted by Gasteiger charge is 2.18. The molecular formula is C18H26N2O2. The van der Waals surface area contributed by atoms with Crippen molar-refractivity contribution in [3.8, 4) is 5.75 Å². The highest BCUT2D eigenvalue weighted by atomic mass is 16.5. The van der Waals surface area contributed by atoms with Crippen molar-refractivity contribution in [2.45, 2.75) is 32.1 Å². The summed E-state index contributed by atoms with van der Waals surface area (Å²) in [5.41, 5.74) is 0.649. The molecule has 1 N–H and O–H groups in total. The van der Waals surface area contributed by atoms with Crippen molar-refractivity contribution in [3.63, 3.8) is 0 Å². The predicted molar refractivity (Wildman–Crippen MR) is 88.3 cm³/mol. The lowest BCUT2D eigenvalue weighted by Crippen LogP contribution is -2.35. The molecule has 0 atom stereocenters. The Kier molecular flexibility index (Phi) is 7.21. The van der Waals surface area contributed by atoms with Crippen molar-refractivity contribution < 1.29 is 9.84 Å². The number of aliphatic hydroxyl groups excluding tert-OH is 1. The first-order valence-electron chi connectivity index (χ1n) is 8.25. The first-order valence-corrected chi connectivity index (χ1v) is 8.25. The summed E-state index contributed by atoms with van der Waals surface area (Å²) in [5.74, 6) is 1.65. The van der Waals surface area contributed by atoms with Crippen LogP contribution in [0.3, 0.4) is 0 Å². The Hall–Kier alpha value is -1.57. The molecule has 120 valence electrons. The Morgan fingerprint density at radius 2 is 1.91 bits per heavy atom. The first-order chi connectivity index (χ1) is 10.8. The molecule has 0 amide bonds. The molecule has 0 unspecified atom stereocenters. The molecule has 1 aliphatic heterocycles. The SMILES string of the molecule is [C-]#[N+]c1ccc(OCCCN2CCC(CCCO)CC2)cc1. The second-order valence-corrected chi connectivity index (χ2v) is 5.96. The van der Waals surface area contributed by atoms with Gasteiger partial charge in [-0.3, -0.25) is 0 Å². The van der Waals surface area contributed by atoms with Crippen molar-refractivity contribution in [2.75, 3.05) is 32.8 Å². The third-order valence-corrected chi connectivity index (χ3v) is 4.33. The van der Waals surface area contributed by atoms with Crippen LogP contribution < -0.4 is 4.74 Å². The molecule has 0 spiro atoms. The molecule has 1 fully saturated rings. The highest BCUT2D eigenvalue weighted by Crippen LogP contribution is 2.22. The van der Waals surface area contributed by atoms with Gasteiger partial charge in [0.05, 0.1) is 13.2 Å². The van der Waals surface area contributed by atoms with E-state index in [4.69, 9.17) is 16.4 Å². The summed E-state index contributed by atoms with van der Waals surface area (Å²) in [6, 6.07) is 7.30. The number of nitrogens with zero attached hydrogens (tertiary/aromatic N) is 2. The summed E-state index contributed by atoms with van der Waals surface area (Å²) in [6.45, 7) is 11.4. The number of hydrogen-bond donors (Lipinski definition) is 1. The maximum atomic E-state index is 8.88. The van der Waals surface area contributed by atoms with Gasteiger partial charge in [0.2, 0.25) is 0 Å². The van der Waals surface area contributed by atoms with Gasteiger partial charge in [-0.15, -0.1) is 0 Å². The van der Waals surface area contributed by atoms with Crippen LogP contribution in [0.2, 0.25) is 0 Å². The summed E-state index contributed by atoms with van der Waals surface area (Å²) in [5, 5.41) is 8.88. The van der Waals surface area contributed by atoms with E-state index in [1.165, 1.54) is 32.4 Å². The molecular weight excluding hydrogens is 276 g/mol. The molecule has 0 bridgehead atoms. The number of piperidine rings is 1. The zero-order valence-electron chi connectivity index (χ0n) is 13.2. The summed E-state index contributed by atoms with van der Waals surface area (Å²) >= 11 is 0. The third kappa shape index (κ3) is 5.67. The monoisotopic (exact) mass is 302 g/mol. The number of aliphatic hydroxyl groups is 1. The van der Waals surface area contributed by atoms with E-state index < -0.39 is 0 Å². The summed E-state index contributed by atoms with van der Waals surface area (Å²) in [7, 11) is 0. The molecule has 4 heteroatoms.